The third kappa shape index (κ3) is 2.53. The molecule has 0 aliphatic carbocycles. The summed E-state index contributed by atoms with van der Waals surface area (Å²) in [6.07, 6.45) is 0. The van der Waals surface area contributed by atoms with Gasteiger partial charge in [-0.05, 0) is 24.3 Å². The maximum Gasteiger partial charge on any atom is 0.115 e. The van der Waals surface area contributed by atoms with E-state index in [4.69, 9.17) is 17.3 Å². The fourth-order valence-corrected chi connectivity index (χ4v) is 2.23. The molecule has 1 heterocycles. The fourth-order valence-electron chi connectivity index (χ4n) is 2.17. The molecule has 0 bridgehead atoms. The minimum atomic E-state index is 0.233. The van der Waals surface area contributed by atoms with Gasteiger partial charge >= 0.3 is 0 Å². The number of para-hydroxylation sites is 1. The largest absolute Gasteiger partial charge is 0.386 e. The topological polar surface area (TPSA) is 54.2 Å². The van der Waals surface area contributed by atoms with Gasteiger partial charge in [0.15, 0.2) is 0 Å². The number of aliphatic imine (C=N–C) groups is 1. The number of halogens is 1. The quantitative estimate of drug-likeness (QED) is 0.425. The number of rotatable bonds is 3. The molecular weight excluding hydrogens is 270 g/mol. The normalized spacial score (nSPS) is 11.9. The summed E-state index contributed by atoms with van der Waals surface area (Å²) >= 11 is 5.65. The lowest BCUT2D eigenvalue weighted by atomic mass is 10.1. The van der Waals surface area contributed by atoms with Crippen LogP contribution in [-0.2, 0) is 0 Å². The van der Waals surface area contributed by atoms with E-state index in [2.05, 4.69) is 28.2 Å². The number of fused-ring (bicyclic) bond motifs is 1. The van der Waals surface area contributed by atoms with Crippen LogP contribution in [-0.4, -0.2) is 16.7 Å². The van der Waals surface area contributed by atoms with Crippen LogP contribution in [0.25, 0.3) is 22.2 Å². The number of nitrogens with one attached hydrogen (secondary N) is 1. The summed E-state index contributed by atoms with van der Waals surface area (Å²) in [6.45, 7) is 0. The first kappa shape index (κ1) is 12.8. The van der Waals surface area contributed by atoms with E-state index in [1.54, 1.807) is 0 Å². The Kier molecular flexibility index (Phi) is 3.44. The number of H-pyrrole nitrogens is 1. The molecule has 0 unspecified atom stereocenters. The predicted octanol–water partition coefficient (Wildman–Crippen LogP) is 4.06. The highest BCUT2D eigenvalue weighted by atomic mass is 35.5. The van der Waals surface area contributed by atoms with E-state index in [1.807, 2.05) is 36.4 Å². The second-order valence-corrected chi connectivity index (χ2v) is 4.82. The Bertz CT molecular complexity index is 741. The Morgan fingerprint density at radius 3 is 2.75 bits per heavy atom. The van der Waals surface area contributed by atoms with Gasteiger partial charge in [-0.2, -0.15) is 0 Å². The molecule has 0 atom stereocenters. The maximum absolute atomic E-state index is 5.67. The predicted molar refractivity (Wildman–Crippen MR) is 85.7 cm³/mol. The van der Waals surface area contributed by atoms with Gasteiger partial charge in [0.25, 0.3) is 0 Å². The van der Waals surface area contributed by atoms with Crippen molar-refractivity contribution in [1.29, 1.82) is 0 Å². The molecule has 0 aliphatic heterocycles. The van der Waals surface area contributed by atoms with Gasteiger partial charge in [-0.15, -0.1) is 11.6 Å². The lowest BCUT2D eigenvalue weighted by molar-refractivity contribution is 1.42. The number of nitrogens with zero attached hydrogens (tertiary/aromatic N) is 1. The Morgan fingerprint density at radius 2 is 1.95 bits per heavy atom. The van der Waals surface area contributed by atoms with Crippen molar-refractivity contribution in [3.8, 4) is 11.3 Å². The van der Waals surface area contributed by atoms with Gasteiger partial charge in [0.1, 0.15) is 5.84 Å². The monoisotopic (exact) mass is 283 g/mol. The van der Waals surface area contributed by atoms with Crippen LogP contribution in [0.15, 0.2) is 59.6 Å². The first-order valence-corrected chi connectivity index (χ1v) is 6.87. The summed E-state index contributed by atoms with van der Waals surface area (Å²) in [5.41, 5.74) is 9.73. The molecule has 3 aromatic rings. The van der Waals surface area contributed by atoms with Gasteiger partial charge in [0, 0.05) is 22.2 Å². The van der Waals surface area contributed by atoms with E-state index < -0.39 is 0 Å². The molecule has 1 aromatic heterocycles. The van der Waals surface area contributed by atoms with Crippen LogP contribution in [0.1, 0.15) is 0 Å². The molecule has 0 saturated carbocycles. The fraction of sp³-hybridized carbons (Fsp3) is 0.0625. The van der Waals surface area contributed by atoms with Crippen LogP contribution in [0.5, 0.6) is 0 Å². The van der Waals surface area contributed by atoms with Crippen molar-refractivity contribution in [3.63, 3.8) is 0 Å². The highest BCUT2D eigenvalue weighted by molar-refractivity contribution is 6.28. The highest BCUT2D eigenvalue weighted by Crippen LogP contribution is 2.26. The van der Waals surface area contributed by atoms with Crippen molar-refractivity contribution in [2.24, 2.45) is 10.7 Å². The molecule has 0 spiro atoms. The standard InChI is InChI=1S/C16H14ClN3/c17-10-16(18)19-13-6-3-5-11(8-13)15-9-12-4-1-2-7-14(12)20-15/h1-9,20H,10H2,(H2,18,19). The number of hydrogen-bond donors (Lipinski definition) is 2. The minimum Gasteiger partial charge on any atom is -0.386 e. The third-order valence-corrected chi connectivity index (χ3v) is 3.37. The van der Waals surface area contributed by atoms with Crippen molar-refractivity contribution in [2.75, 3.05) is 5.88 Å². The summed E-state index contributed by atoms with van der Waals surface area (Å²) in [7, 11) is 0. The number of alkyl halides is 1. The summed E-state index contributed by atoms with van der Waals surface area (Å²) in [4.78, 5) is 7.67. The van der Waals surface area contributed by atoms with Gasteiger partial charge in [-0.1, -0.05) is 30.3 Å². The molecule has 0 aliphatic rings. The molecule has 2 aromatic carbocycles. The van der Waals surface area contributed by atoms with Crippen LogP contribution in [0.2, 0.25) is 0 Å². The van der Waals surface area contributed by atoms with Gasteiger partial charge in [-0.3, -0.25) is 0 Å². The van der Waals surface area contributed by atoms with Crippen LogP contribution < -0.4 is 5.73 Å². The number of nitrogens with two attached hydrogens (primary N) is 1. The SMILES string of the molecule is NC(CCl)=Nc1cccc(-c2cc3ccccc3[nH]2)c1. The van der Waals surface area contributed by atoms with Crippen molar-refractivity contribution in [2.45, 2.75) is 0 Å². The molecule has 3 rings (SSSR count). The lowest BCUT2D eigenvalue weighted by Gasteiger charge is -2.01. The summed E-state index contributed by atoms with van der Waals surface area (Å²) in [5.74, 6) is 0.650. The van der Waals surface area contributed by atoms with E-state index in [0.29, 0.717) is 5.84 Å². The Morgan fingerprint density at radius 1 is 1.10 bits per heavy atom. The van der Waals surface area contributed by atoms with Crippen LogP contribution in [0, 0.1) is 0 Å². The second-order valence-electron chi connectivity index (χ2n) is 4.56. The molecule has 0 radical (unpaired) electrons. The van der Waals surface area contributed by atoms with E-state index in [0.717, 1.165) is 22.5 Å². The average Bonchev–Trinajstić information content (AvgIpc) is 2.91. The zero-order valence-corrected chi connectivity index (χ0v) is 11.6. The van der Waals surface area contributed by atoms with E-state index >= 15 is 0 Å². The van der Waals surface area contributed by atoms with Crippen molar-refractivity contribution in [1.82, 2.24) is 4.98 Å². The zero-order chi connectivity index (χ0) is 13.9. The zero-order valence-electron chi connectivity index (χ0n) is 10.8. The van der Waals surface area contributed by atoms with Gasteiger partial charge < -0.3 is 10.7 Å². The number of aromatic amines is 1. The van der Waals surface area contributed by atoms with E-state index in [-0.39, 0.29) is 5.88 Å². The second kappa shape index (κ2) is 5.39. The lowest BCUT2D eigenvalue weighted by Crippen LogP contribution is -2.12. The molecule has 0 fully saturated rings. The summed E-state index contributed by atoms with van der Waals surface area (Å²) < 4.78 is 0. The average molecular weight is 284 g/mol. The van der Waals surface area contributed by atoms with E-state index in [1.165, 1.54) is 5.39 Å². The number of aromatic nitrogens is 1. The molecule has 20 heavy (non-hydrogen) atoms. The van der Waals surface area contributed by atoms with Crippen molar-refractivity contribution >= 4 is 34.0 Å². The Labute approximate surface area is 122 Å². The van der Waals surface area contributed by atoms with E-state index in [9.17, 15) is 0 Å². The summed E-state index contributed by atoms with van der Waals surface area (Å²) in [6, 6.07) is 18.2. The van der Waals surface area contributed by atoms with Gasteiger partial charge in [0.05, 0.1) is 11.6 Å². The maximum atomic E-state index is 5.67. The molecule has 0 amide bonds. The molecule has 100 valence electrons. The molecule has 3 nitrogen and oxygen atoms in total. The smallest absolute Gasteiger partial charge is 0.115 e. The van der Waals surface area contributed by atoms with Crippen LogP contribution in [0.3, 0.4) is 0 Å². The molecule has 4 heteroatoms. The van der Waals surface area contributed by atoms with Crippen LogP contribution >= 0.6 is 11.6 Å². The minimum absolute atomic E-state index is 0.233. The Balaban J connectivity index is 2.03. The van der Waals surface area contributed by atoms with Crippen molar-refractivity contribution in [3.05, 3.63) is 54.6 Å². The number of benzene rings is 2. The van der Waals surface area contributed by atoms with Gasteiger partial charge in [0.2, 0.25) is 0 Å². The number of amidine groups is 1. The molecular formula is C16H14ClN3. The van der Waals surface area contributed by atoms with Gasteiger partial charge in [-0.25, -0.2) is 4.99 Å². The summed E-state index contributed by atoms with van der Waals surface area (Å²) in [5, 5.41) is 1.19. The van der Waals surface area contributed by atoms with Crippen LogP contribution in [0.4, 0.5) is 5.69 Å². The number of hydrogen-bond acceptors (Lipinski definition) is 1. The Hall–Kier alpha value is -2.26. The third-order valence-electron chi connectivity index (χ3n) is 3.10. The van der Waals surface area contributed by atoms with Crippen molar-refractivity contribution < 1.29 is 0 Å². The first-order valence-electron chi connectivity index (χ1n) is 6.33. The molecule has 0 saturated heterocycles. The highest BCUT2D eigenvalue weighted by Gasteiger charge is 2.03. The first-order chi connectivity index (χ1) is 9.76. The molecule has 3 N–H and O–H groups in total.